The van der Waals surface area contributed by atoms with Gasteiger partial charge in [0.05, 0.1) is 6.04 Å². The Morgan fingerprint density at radius 3 is 2.57 bits per heavy atom. The van der Waals surface area contributed by atoms with Crippen LogP contribution in [0.2, 0.25) is 0 Å². The molecule has 0 unspecified atom stereocenters. The van der Waals surface area contributed by atoms with Crippen molar-refractivity contribution in [2.45, 2.75) is 26.8 Å². The van der Waals surface area contributed by atoms with E-state index < -0.39 is 0 Å². The molecule has 6 heteroatoms. The first-order chi connectivity index (χ1) is 6.50. The van der Waals surface area contributed by atoms with Crippen LogP contribution in [0.1, 0.15) is 20.8 Å². The third-order valence-corrected chi connectivity index (χ3v) is 1.83. The van der Waals surface area contributed by atoms with Crippen molar-refractivity contribution in [1.29, 1.82) is 0 Å². The Morgan fingerprint density at radius 1 is 1.57 bits per heavy atom. The first kappa shape index (κ1) is 10.5. The fourth-order valence-electron chi connectivity index (χ4n) is 1.17. The number of nitrogens with one attached hydrogen (secondary N) is 1. The molecule has 0 aliphatic heterocycles. The van der Waals surface area contributed by atoms with Crippen LogP contribution in [0.3, 0.4) is 0 Å². The van der Waals surface area contributed by atoms with Crippen LogP contribution in [0, 0.1) is 5.92 Å². The molecular weight excluding hydrogens is 184 g/mol. The summed E-state index contributed by atoms with van der Waals surface area (Å²) < 4.78 is 4.57. The normalized spacial score (nSPS) is 12.9. The minimum atomic E-state index is -0.313. The second-order valence-corrected chi connectivity index (χ2v) is 3.43. The number of anilines is 2. The number of ketones is 1. The molecule has 1 atom stereocenters. The molecule has 78 valence electrons. The van der Waals surface area contributed by atoms with Crippen LogP contribution in [0.15, 0.2) is 4.52 Å². The van der Waals surface area contributed by atoms with Gasteiger partial charge in [-0.1, -0.05) is 13.8 Å². The zero-order valence-electron chi connectivity index (χ0n) is 8.44. The Labute approximate surface area is 81.9 Å². The molecule has 0 spiro atoms. The van der Waals surface area contributed by atoms with Crippen LogP contribution < -0.4 is 11.1 Å². The number of aromatic nitrogens is 2. The van der Waals surface area contributed by atoms with Crippen LogP contribution in [0.4, 0.5) is 12.0 Å². The molecule has 0 aliphatic carbocycles. The highest BCUT2D eigenvalue weighted by Gasteiger charge is 2.19. The van der Waals surface area contributed by atoms with Gasteiger partial charge in [0, 0.05) is 0 Å². The maximum atomic E-state index is 11.2. The Kier molecular flexibility index (Phi) is 3.06. The molecule has 1 aromatic heterocycles. The summed E-state index contributed by atoms with van der Waals surface area (Å²) in [6.07, 6.45) is 0. The summed E-state index contributed by atoms with van der Waals surface area (Å²) in [4.78, 5) is 15.0. The summed E-state index contributed by atoms with van der Waals surface area (Å²) in [6.45, 7) is 5.38. The third kappa shape index (κ3) is 2.45. The molecule has 14 heavy (non-hydrogen) atoms. The predicted octanol–water partition coefficient (Wildman–Crippen LogP) is 0.677. The van der Waals surface area contributed by atoms with Gasteiger partial charge in [-0.15, -0.1) is 0 Å². The van der Waals surface area contributed by atoms with E-state index in [9.17, 15) is 4.79 Å². The van der Waals surface area contributed by atoms with E-state index >= 15 is 0 Å². The number of nitrogens with two attached hydrogens (primary N) is 1. The summed E-state index contributed by atoms with van der Waals surface area (Å²) in [7, 11) is 0. The highest BCUT2D eigenvalue weighted by atomic mass is 16.5. The standard InChI is InChI=1S/C8H14N4O2/c1-4(2)6(5(3)13)10-8-11-7(9)14-12-8/h4,6H,1-3H3,(H3,9,10,11,12)/t6-/m0/s1. The lowest BCUT2D eigenvalue weighted by atomic mass is 10.0. The number of nitrogen functional groups attached to an aromatic ring is 1. The molecule has 0 saturated heterocycles. The Balaban J connectivity index is 2.69. The van der Waals surface area contributed by atoms with Gasteiger partial charge >= 0.3 is 6.01 Å². The van der Waals surface area contributed by atoms with Crippen molar-refractivity contribution in [1.82, 2.24) is 10.1 Å². The average molecular weight is 198 g/mol. The highest BCUT2D eigenvalue weighted by molar-refractivity contribution is 5.84. The molecule has 0 amide bonds. The minimum Gasteiger partial charge on any atom is -0.351 e. The number of hydrogen-bond donors (Lipinski definition) is 2. The van der Waals surface area contributed by atoms with E-state index in [0.29, 0.717) is 0 Å². The van der Waals surface area contributed by atoms with Gasteiger partial charge < -0.3 is 15.6 Å². The van der Waals surface area contributed by atoms with Crippen molar-refractivity contribution in [2.75, 3.05) is 11.1 Å². The topological polar surface area (TPSA) is 94.0 Å². The molecule has 1 aromatic rings. The lowest BCUT2D eigenvalue weighted by molar-refractivity contribution is -0.118. The van der Waals surface area contributed by atoms with Gasteiger partial charge in [0.25, 0.3) is 5.95 Å². The Morgan fingerprint density at radius 2 is 2.21 bits per heavy atom. The molecule has 1 heterocycles. The maximum Gasteiger partial charge on any atom is 0.320 e. The minimum absolute atomic E-state index is 0.0152. The fourth-order valence-corrected chi connectivity index (χ4v) is 1.17. The summed E-state index contributed by atoms with van der Waals surface area (Å²) >= 11 is 0. The van der Waals surface area contributed by atoms with Crippen molar-refractivity contribution in [3.63, 3.8) is 0 Å². The number of carbonyl (C=O) groups is 1. The van der Waals surface area contributed by atoms with Crippen LogP contribution in [-0.4, -0.2) is 22.0 Å². The predicted molar refractivity (Wildman–Crippen MR) is 51.6 cm³/mol. The van der Waals surface area contributed by atoms with Crippen LogP contribution in [0.25, 0.3) is 0 Å². The zero-order valence-corrected chi connectivity index (χ0v) is 8.44. The smallest absolute Gasteiger partial charge is 0.320 e. The maximum absolute atomic E-state index is 11.2. The Bertz CT molecular complexity index is 321. The van der Waals surface area contributed by atoms with Gasteiger partial charge in [-0.3, -0.25) is 4.79 Å². The van der Waals surface area contributed by atoms with Crippen molar-refractivity contribution in [2.24, 2.45) is 5.92 Å². The van der Waals surface area contributed by atoms with E-state index in [4.69, 9.17) is 5.73 Å². The van der Waals surface area contributed by atoms with E-state index in [1.54, 1.807) is 0 Å². The van der Waals surface area contributed by atoms with E-state index in [-0.39, 0.29) is 29.7 Å². The summed E-state index contributed by atoms with van der Waals surface area (Å²) in [6, 6.07) is -0.328. The molecule has 0 bridgehead atoms. The van der Waals surface area contributed by atoms with Crippen LogP contribution >= 0.6 is 0 Å². The summed E-state index contributed by atoms with van der Waals surface area (Å²) in [5, 5.41) is 6.40. The van der Waals surface area contributed by atoms with Crippen molar-refractivity contribution >= 4 is 17.7 Å². The van der Waals surface area contributed by atoms with Crippen LogP contribution in [0.5, 0.6) is 0 Å². The second kappa shape index (κ2) is 4.08. The first-order valence-corrected chi connectivity index (χ1v) is 4.37. The fraction of sp³-hybridized carbons (Fsp3) is 0.625. The largest absolute Gasteiger partial charge is 0.351 e. The first-order valence-electron chi connectivity index (χ1n) is 4.37. The van der Waals surface area contributed by atoms with Crippen molar-refractivity contribution in [3.05, 3.63) is 0 Å². The van der Waals surface area contributed by atoms with E-state index in [2.05, 4.69) is 20.0 Å². The highest BCUT2D eigenvalue weighted by Crippen LogP contribution is 2.10. The molecule has 0 radical (unpaired) electrons. The van der Waals surface area contributed by atoms with Crippen LogP contribution in [-0.2, 0) is 4.79 Å². The number of carbonyl (C=O) groups excluding carboxylic acids is 1. The molecule has 6 nitrogen and oxygen atoms in total. The number of Topliss-reactive ketones (excluding diaryl/α,β-unsaturated/α-hetero) is 1. The van der Waals surface area contributed by atoms with E-state index in [0.717, 1.165) is 0 Å². The molecule has 0 fully saturated rings. The van der Waals surface area contributed by atoms with Gasteiger partial charge in [0.1, 0.15) is 0 Å². The van der Waals surface area contributed by atoms with Gasteiger partial charge in [-0.05, 0) is 18.0 Å². The number of hydrogen-bond acceptors (Lipinski definition) is 6. The lowest BCUT2D eigenvalue weighted by Crippen LogP contribution is -2.33. The lowest BCUT2D eigenvalue weighted by Gasteiger charge is -2.17. The molecular formula is C8H14N4O2. The van der Waals surface area contributed by atoms with E-state index in [1.165, 1.54) is 6.92 Å². The van der Waals surface area contributed by atoms with Gasteiger partial charge in [0.2, 0.25) is 0 Å². The van der Waals surface area contributed by atoms with Gasteiger partial charge in [-0.25, -0.2) is 0 Å². The quantitative estimate of drug-likeness (QED) is 0.738. The number of nitrogens with zero attached hydrogens (tertiary/aromatic N) is 2. The molecule has 0 saturated carbocycles. The molecule has 1 rings (SSSR count). The molecule has 0 aromatic carbocycles. The third-order valence-electron chi connectivity index (χ3n) is 1.83. The van der Waals surface area contributed by atoms with E-state index in [1.807, 2.05) is 13.8 Å². The Hall–Kier alpha value is -1.59. The van der Waals surface area contributed by atoms with Crippen molar-refractivity contribution in [3.8, 4) is 0 Å². The average Bonchev–Trinajstić information content (AvgIpc) is 2.46. The second-order valence-electron chi connectivity index (χ2n) is 3.43. The van der Waals surface area contributed by atoms with Crippen molar-refractivity contribution < 1.29 is 9.32 Å². The summed E-state index contributed by atoms with van der Waals surface area (Å²) in [5.41, 5.74) is 5.24. The number of rotatable bonds is 4. The molecule has 3 N–H and O–H groups in total. The monoisotopic (exact) mass is 198 g/mol. The SMILES string of the molecule is CC(=O)[C@@H](Nc1noc(N)n1)C(C)C. The zero-order chi connectivity index (χ0) is 10.7. The van der Waals surface area contributed by atoms with Gasteiger partial charge in [-0.2, -0.15) is 4.98 Å². The molecule has 0 aliphatic rings. The summed E-state index contributed by atoms with van der Waals surface area (Å²) in [5.74, 6) is 0.437. The van der Waals surface area contributed by atoms with Gasteiger partial charge in [0.15, 0.2) is 5.78 Å².